The van der Waals surface area contributed by atoms with E-state index in [1.165, 1.54) is 5.56 Å². The number of ketones is 1. The summed E-state index contributed by atoms with van der Waals surface area (Å²) in [6, 6.07) is 10.4. The Morgan fingerprint density at radius 1 is 1.33 bits per heavy atom. The van der Waals surface area contributed by atoms with Gasteiger partial charge in [0.2, 0.25) is 0 Å². The highest BCUT2D eigenvalue weighted by Gasteiger charge is 2.24. The minimum Gasteiger partial charge on any atom is -0.298 e. The van der Waals surface area contributed by atoms with Crippen molar-refractivity contribution in [1.29, 1.82) is 0 Å². The predicted octanol–water partition coefficient (Wildman–Crippen LogP) is 2.24. The van der Waals surface area contributed by atoms with Crippen LogP contribution >= 0.6 is 0 Å². The monoisotopic (exact) mass is 203 g/mol. The van der Waals surface area contributed by atoms with Crippen LogP contribution in [0.4, 0.5) is 0 Å². The lowest BCUT2D eigenvalue weighted by molar-refractivity contribution is -0.126. The van der Waals surface area contributed by atoms with Crippen LogP contribution in [-0.2, 0) is 11.3 Å². The molecule has 0 bridgehead atoms. The van der Waals surface area contributed by atoms with Crippen LogP contribution in [-0.4, -0.2) is 23.3 Å². The molecule has 1 aliphatic rings. The van der Waals surface area contributed by atoms with Crippen molar-refractivity contribution in [2.45, 2.75) is 32.4 Å². The van der Waals surface area contributed by atoms with Crippen LogP contribution in [0.5, 0.6) is 0 Å². The second kappa shape index (κ2) is 4.58. The van der Waals surface area contributed by atoms with E-state index in [2.05, 4.69) is 17.0 Å². The third-order valence-electron chi connectivity index (χ3n) is 3.11. The molecule has 1 saturated heterocycles. The van der Waals surface area contributed by atoms with Crippen LogP contribution in [0.1, 0.15) is 25.3 Å². The molecule has 1 fully saturated rings. The Morgan fingerprint density at radius 2 is 2.07 bits per heavy atom. The first-order chi connectivity index (χ1) is 7.27. The van der Waals surface area contributed by atoms with Gasteiger partial charge in [-0.1, -0.05) is 30.3 Å². The first-order valence-corrected chi connectivity index (χ1v) is 5.58. The van der Waals surface area contributed by atoms with Crippen molar-refractivity contribution >= 4 is 5.78 Å². The zero-order chi connectivity index (χ0) is 10.7. The average Bonchev–Trinajstić information content (AvgIpc) is 2.26. The lowest BCUT2D eigenvalue weighted by Crippen LogP contribution is -2.43. The number of carbonyl (C=O) groups excluding carboxylic acids is 1. The van der Waals surface area contributed by atoms with E-state index in [-0.39, 0.29) is 6.04 Å². The number of likely N-dealkylation sites (tertiary alicyclic amines) is 1. The van der Waals surface area contributed by atoms with E-state index < -0.39 is 0 Å². The molecule has 0 unspecified atom stereocenters. The minimum absolute atomic E-state index is 0.0963. The number of piperidine rings is 1. The molecule has 0 N–H and O–H groups in total. The van der Waals surface area contributed by atoms with Gasteiger partial charge < -0.3 is 0 Å². The summed E-state index contributed by atoms with van der Waals surface area (Å²) in [6.07, 6.45) is 1.77. The second-order valence-corrected chi connectivity index (χ2v) is 4.20. The number of rotatable bonds is 2. The molecule has 0 amide bonds. The molecule has 1 aromatic rings. The normalized spacial score (nSPS) is 23.0. The van der Waals surface area contributed by atoms with Crippen LogP contribution in [0.25, 0.3) is 0 Å². The smallest absolute Gasteiger partial charge is 0.149 e. The highest BCUT2D eigenvalue weighted by molar-refractivity contribution is 5.84. The van der Waals surface area contributed by atoms with Crippen molar-refractivity contribution in [3.63, 3.8) is 0 Å². The fourth-order valence-electron chi connectivity index (χ4n) is 2.10. The van der Waals surface area contributed by atoms with E-state index in [0.717, 1.165) is 25.9 Å². The van der Waals surface area contributed by atoms with Crippen LogP contribution < -0.4 is 0 Å². The van der Waals surface area contributed by atoms with Crippen LogP contribution in [0.15, 0.2) is 30.3 Å². The standard InChI is InChI=1S/C13H17NO/c1-11-13(15)8-5-9-14(11)10-12-6-3-2-4-7-12/h2-4,6-7,11H,5,8-10H2,1H3/t11-/m1/s1. The van der Waals surface area contributed by atoms with E-state index in [1.54, 1.807) is 0 Å². The van der Waals surface area contributed by atoms with Crippen LogP contribution in [0.2, 0.25) is 0 Å². The van der Waals surface area contributed by atoms with E-state index >= 15 is 0 Å². The molecule has 15 heavy (non-hydrogen) atoms. The summed E-state index contributed by atoms with van der Waals surface area (Å²) in [5.41, 5.74) is 1.29. The van der Waals surface area contributed by atoms with E-state index in [4.69, 9.17) is 0 Å². The Labute approximate surface area is 90.9 Å². The van der Waals surface area contributed by atoms with Crippen molar-refractivity contribution in [1.82, 2.24) is 4.90 Å². The number of hydrogen-bond donors (Lipinski definition) is 0. The van der Waals surface area contributed by atoms with Gasteiger partial charge in [-0.15, -0.1) is 0 Å². The molecule has 1 heterocycles. The van der Waals surface area contributed by atoms with Gasteiger partial charge in [0.15, 0.2) is 0 Å². The minimum atomic E-state index is 0.0963. The van der Waals surface area contributed by atoms with Crippen molar-refractivity contribution < 1.29 is 4.79 Å². The van der Waals surface area contributed by atoms with E-state index in [1.807, 2.05) is 25.1 Å². The topological polar surface area (TPSA) is 20.3 Å². The third kappa shape index (κ3) is 2.45. The summed E-state index contributed by atoms with van der Waals surface area (Å²) in [5, 5.41) is 0. The maximum atomic E-state index is 11.6. The summed E-state index contributed by atoms with van der Waals surface area (Å²) in [6.45, 7) is 3.96. The highest BCUT2D eigenvalue weighted by atomic mass is 16.1. The van der Waals surface area contributed by atoms with Gasteiger partial charge in [0.05, 0.1) is 6.04 Å². The fraction of sp³-hybridized carbons (Fsp3) is 0.462. The summed E-state index contributed by atoms with van der Waals surface area (Å²) < 4.78 is 0. The van der Waals surface area contributed by atoms with Crippen molar-refractivity contribution in [3.8, 4) is 0 Å². The Morgan fingerprint density at radius 3 is 2.80 bits per heavy atom. The second-order valence-electron chi connectivity index (χ2n) is 4.20. The van der Waals surface area contributed by atoms with Crippen molar-refractivity contribution in [3.05, 3.63) is 35.9 Å². The SMILES string of the molecule is C[C@@H]1C(=O)CCCN1Cc1ccccc1. The summed E-state index contributed by atoms with van der Waals surface area (Å²) >= 11 is 0. The third-order valence-corrected chi connectivity index (χ3v) is 3.11. The Balaban J connectivity index is 2.02. The number of benzene rings is 1. The molecule has 1 aromatic carbocycles. The van der Waals surface area contributed by atoms with Gasteiger partial charge in [0.1, 0.15) is 5.78 Å². The van der Waals surface area contributed by atoms with Crippen molar-refractivity contribution in [2.75, 3.05) is 6.54 Å². The summed E-state index contributed by atoms with van der Waals surface area (Å²) in [4.78, 5) is 13.8. The molecule has 80 valence electrons. The molecule has 0 saturated carbocycles. The van der Waals surface area contributed by atoms with E-state index in [9.17, 15) is 4.79 Å². The van der Waals surface area contributed by atoms with Gasteiger partial charge in [-0.3, -0.25) is 9.69 Å². The Bertz CT molecular complexity index is 334. The maximum absolute atomic E-state index is 11.6. The summed E-state index contributed by atoms with van der Waals surface area (Å²) in [5.74, 6) is 0.386. The molecule has 0 aromatic heterocycles. The van der Waals surface area contributed by atoms with Crippen LogP contribution in [0.3, 0.4) is 0 Å². The molecule has 1 atom stereocenters. The van der Waals surface area contributed by atoms with Crippen molar-refractivity contribution in [2.24, 2.45) is 0 Å². The predicted molar refractivity (Wildman–Crippen MR) is 60.6 cm³/mol. The summed E-state index contributed by atoms with van der Waals surface area (Å²) in [7, 11) is 0. The highest BCUT2D eigenvalue weighted by Crippen LogP contribution is 2.16. The number of hydrogen-bond acceptors (Lipinski definition) is 2. The van der Waals surface area contributed by atoms with Gasteiger partial charge in [0.25, 0.3) is 0 Å². The molecular formula is C13H17NO. The Kier molecular flexibility index (Phi) is 3.17. The molecular weight excluding hydrogens is 186 g/mol. The van der Waals surface area contributed by atoms with Gasteiger partial charge in [0, 0.05) is 13.0 Å². The van der Waals surface area contributed by atoms with Crippen LogP contribution in [0, 0.1) is 0 Å². The lowest BCUT2D eigenvalue weighted by atomic mass is 10.0. The first-order valence-electron chi connectivity index (χ1n) is 5.58. The molecule has 0 spiro atoms. The number of carbonyl (C=O) groups is 1. The van der Waals surface area contributed by atoms with Gasteiger partial charge in [-0.2, -0.15) is 0 Å². The maximum Gasteiger partial charge on any atom is 0.149 e. The lowest BCUT2D eigenvalue weighted by Gasteiger charge is -2.32. The molecule has 2 nitrogen and oxygen atoms in total. The molecule has 0 radical (unpaired) electrons. The van der Waals surface area contributed by atoms with Gasteiger partial charge >= 0.3 is 0 Å². The number of nitrogens with zero attached hydrogens (tertiary/aromatic N) is 1. The number of Topliss-reactive ketones (excluding diaryl/α,β-unsaturated/α-hetero) is 1. The van der Waals surface area contributed by atoms with Gasteiger partial charge in [-0.05, 0) is 25.5 Å². The zero-order valence-electron chi connectivity index (χ0n) is 9.15. The molecule has 2 rings (SSSR count). The Hall–Kier alpha value is -1.15. The largest absolute Gasteiger partial charge is 0.298 e. The molecule has 0 aliphatic carbocycles. The first kappa shape index (κ1) is 10.4. The van der Waals surface area contributed by atoms with E-state index in [0.29, 0.717) is 5.78 Å². The molecule has 2 heteroatoms. The molecule has 1 aliphatic heterocycles. The zero-order valence-corrected chi connectivity index (χ0v) is 9.15. The average molecular weight is 203 g/mol. The fourth-order valence-corrected chi connectivity index (χ4v) is 2.10. The quantitative estimate of drug-likeness (QED) is 0.734. The van der Waals surface area contributed by atoms with Gasteiger partial charge in [-0.25, -0.2) is 0 Å².